The number of epoxide rings is 1. The molecule has 0 N–H and O–H groups in total. The Morgan fingerprint density at radius 1 is 0.705 bits per heavy atom. The lowest BCUT2D eigenvalue weighted by molar-refractivity contribution is 0.191. The minimum Gasteiger partial charge on any atom is -0.490 e. The molecule has 1 saturated carbocycles. The fraction of sp³-hybridized carbons (Fsp3) is 0.444. The number of allylic oxidation sites excluding steroid dienone is 2. The normalized spacial score (nSPS) is 23.4. The van der Waals surface area contributed by atoms with Gasteiger partial charge in [0.1, 0.15) is 6.10 Å². The lowest BCUT2D eigenvalue weighted by atomic mass is 9.78. The van der Waals surface area contributed by atoms with Gasteiger partial charge < -0.3 is 9.47 Å². The summed E-state index contributed by atoms with van der Waals surface area (Å²) < 4.78 is 99.5. The van der Waals surface area contributed by atoms with E-state index in [0.717, 1.165) is 6.42 Å². The molecule has 1 aliphatic heterocycles. The minimum absolute atomic E-state index is 0.0813. The van der Waals surface area contributed by atoms with Crippen molar-refractivity contribution >= 4 is 5.57 Å². The molecule has 3 aromatic carbocycles. The first-order valence-corrected chi connectivity index (χ1v) is 15.6. The Balaban J connectivity index is 1.04. The third-order valence-electron chi connectivity index (χ3n) is 9.54. The maximum absolute atomic E-state index is 15.2. The highest BCUT2D eigenvalue weighted by Crippen LogP contribution is 2.42. The first-order chi connectivity index (χ1) is 21.3. The number of rotatable bonds is 9. The van der Waals surface area contributed by atoms with Gasteiger partial charge in [0, 0.05) is 11.1 Å². The average Bonchev–Trinajstić information content (AvgIpc) is 3.88. The highest BCUT2D eigenvalue weighted by molar-refractivity contribution is 5.67. The van der Waals surface area contributed by atoms with E-state index >= 15 is 8.78 Å². The highest BCUT2D eigenvalue weighted by atomic mass is 19.2. The topological polar surface area (TPSA) is 21.8 Å². The van der Waals surface area contributed by atoms with Crippen LogP contribution < -0.4 is 4.74 Å². The van der Waals surface area contributed by atoms with Crippen LogP contribution in [0, 0.1) is 40.8 Å². The van der Waals surface area contributed by atoms with E-state index in [1.54, 1.807) is 36.4 Å². The quantitative estimate of drug-likeness (QED) is 0.177. The van der Waals surface area contributed by atoms with Gasteiger partial charge in [-0.15, -0.1) is 0 Å². The zero-order valence-electron chi connectivity index (χ0n) is 24.7. The molecule has 0 spiro atoms. The predicted molar refractivity (Wildman–Crippen MR) is 157 cm³/mol. The van der Waals surface area contributed by atoms with Crippen LogP contribution in [-0.2, 0) is 11.2 Å². The Bertz CT molecular complexity index is 1550. The maximum atomic E-state index is 15.2. The van der Waals surface area contributed by atoms with E-state index < -0.39 is 34.9 Å². The van der Waals surface area contributed by atoms with E-state index in [-0.39, 0.29) is 52.9 Å². The van der Waals surface area contributed by atoms with Crippen LogP contribution in [0.25, 0.3) is 5.57 Å². The Kier molecular flexibility index (Phi) is 9.08. The summed E-state index contributed by atoms with van der Waals surface area (Å²) >= 11 is 0. The van der Waals surface area contributed by atoms with Gasteiger partial charge in [-0.25, -0.2) is 22.0 Å². The van der Waals surface area contributed by atoms with E-state index in [9.17, 15) is 17.6 Å². The monoisotopic (exact) mass is 614 g/mol. The summed E-state index contributed by atoms with van der Waals surface area (Å²) in [4.78, 5) is 0. The van der Waals surface area contributed by atoms with Crippen LogP contribution >= 0.6 is 0 Å². The number of hydrogen-bond acceptors (Lipinski definition) is 2. The van der Waals surface area contributed by atoms with Gasteiger partial charge in [0.25, 0.3) is 0 Å². The average molecular weight is 615 g/mol. The molecule has 2 atom stereocenters. The zero-order chi connectivity index (χ0) is 31.0. The Hall–Kier alpha value is -3.26. The molecule has 8 heteroatoms. The van der Waals surface area contributed by atoms with E-state index in [2.05, 4.69) is 0 Å². The van der Waals surface area contributed by atoms with Crippen molar-refractivity contribution < 1.29 is 35.8 Å². The highest BCUT2D eigenvalue weighted by Gasteiger charge is 2.32. The van der Waals surface area contributed by atoms with Gasteiger partial charge in [-0.3, -0.25) is 0 Å². The smallest absolute Gasteiger partial charge is 0.200 e. The van der Waals surface area contributed by atoms with E-state index in [4.69, 9.17) is 9.47 Å². The third kappa shape index (κ3) is 6.15. The fourth-order valence-corrected chi connectivity index (χ4v) is 6.85. The van der Waals surface area contributed by atoms with E-state index in [1.807, 2.05) is 6.92 Å². The van der Waals surface area contributed by atoms with Crippen molar-refractivity contribution in [2.24, 2.45) is 5.92 Å². The maximum Gasteiger partial charge on any atom is 0.200 e. The molecule has 3 aromatic rings. The molecular weight excluding hydrogens is 578 g/mol. The minimum atomic E-state index is -1.04. The van der Waals surface area contributed by atoms with Gasteiger partial charge >= 0.3 is 0 Å². The molecule has 2 nitrogen and oxygen atoms in total. The summed E-state index contributed by atoms with van der Waals surface area (Å²) in [5.74, 6) is -5.74. The van der Waals surface area contributed by atoms with Crippen molar-refractivity contribution in [2.45, 2.75) is 82.7 Å². The summed E-state index contributed by atoms with van der Waals surface area (Å²) in [6, 6.07) is 9.47. The second kappa shape index (κ2) is 13.0. The molecule has 2 aliphatic carbocycles. The van der Waals surface area contributed by atoms with Gasteiger partial charge in [-0.1, -0.05) is 49.8 Å². The van der Waals surface area contributed by atoms with Gasteiger partial charge in [-0.05, 0) is 97.5 Å². The standard InChI is InChI=1S/C36H36F6O2/c1-2-3-24-12-13-25(32(38)31(24)37)21-6-4-20(5-7-21)18-43-29-17-16-27(34(40)36(29)42)23-10-8-22(9-11-23)26-14-15-28(30-19-44-30)35(41)33(26)39/h8,12-17,20-21,23,30H,2-7,9-11,18-19H2,1H3. The first kappa shape index (κ1) is 30.8. The fourth-order valence-electron chi connectivity index (χ4n) is 6.85. The second-order valence-corrected chi connectivity index (χ2v) is 12.4. The van der Waals surface area contributed by atoms with Crippen molar-refractivity contribution in [1.29, 1.82) is 0 Å². The number of hydrogen-bond donors (Lipinski definition) is 0. The SMILES string of the molecule is CCCc1ccc(C2CCC(COc3ccc(C4CC=C(c5ccc(C6CO6)c(F)c5F)CC4)c(F)c3F)CC2)c(F)c1F. The van der Waals surface area contributed by atoms with Crippen LogP contribution in [0.5, 0.6) is 5.75 Å². The second-order valence-electron chi connectivity index (χ2n) is 12.4. The number of benzene rings is 3. The Morgan fingerprint density at radius 3 is 2.05 bits per heavy atom. The number of ether oxygens (including phenoxy) is 2. The molecule has 0 amide bonds. The van der Waals surface area contributed by atoms with E-state index in [1.165, 1.54) is 6.07 Å². The van der Waals surface area contributed by atoms with Crippen molar-refractivity contribution in [3.8, 4) is 5.75 Å². The van der Waals surface area contributed by atoms with Crippen molar-refractivity contribution in [3.05, 3.63) is 105 Å². The number of aryl methyl sites for hydroxylation is 1. The molecular formula is C36H36F6O2. The summed E-state index contributed by atoms with van der Waals surface area (Å²) in [5, 5.41) is 0. The van der Waals surface area contributed by atoms with Crippen molar-refractivity contribution in [3.63, 3.8) is 0 Å². The molecule has 0 radical (unpaired) electrons. The van der Waals surface area contributed by atoms with Crippen molar-refractivity contribution in [1.82, 2.24) is 0 Å². The van der Waals surface area contributed by atoms with Gasteiger partial charge in [-0.2, -0.15) is 4.39 Å². The van der Waals surface area contributed by atoms with Crippen LogP contribution in [-0.4, -0.2) is 13.2 Å². The van der Waals surface area contributed by atoms with Crippen molar-refractivity contribution in [2.75, 3.05) is 13.2 Å². The largest absolute Gasteiger partial charge is 0.490 e. The summed E-state index contributed by atoms with van der Waals surface area (Å²) in [6.07, 6.45) is 6.62. The molecule has 234 valence electrons. The molecule has 44 heavy (non-hydrogen) atoms. The summed E-state index contributed by atoms with van der Waals surface area (Å²) in [6.45, 7) is 2.51. The molecule has 0 bridgehead atoms. The van der Waals surface area contributed by atoms with Crippen LogP contribution in [0.15, 0.2) is 42.5 Å². The van der Waals surface area contributed by atoms with Crippen LogP contribution in [0.2, 0.25) is 0 Å². The Labute approximate surface area is 254 Å². The van der Waals surface area contributed by atoms with Crippen LogP contribution in [0.3, 0.4) is 0 Å². The van der Waals surface area contributed by atoms with Gasteiger partial charge in [0.15, 0.2) is 34.8 Å². The molecule has 6 rings (SSSR count). The third-order valence-corrected chi connectivity index (χ3v) is 9.54. The lowest BCUT2D eigenvalue weighted by Crippen LogP contribution is -2.20. The molecule has 2 fully saturated rings. The number of halogens is 6. The van der Waals surface area contributed by atoms with E-state index in [0.29, 0.717) is 74.7 Å². The van der Waals surface area contributed by atoms with Crippen LogP contribution in [0.4, 0.5) is 26.3 Å². The first-order valence-electron chi connectivity index (χ1n) is 15.6. The molecule has 1 saturated heterocycles. The molecule has 2 unspecified atom stereocenters. The zero-order valence-corrected chi connectivity index (χ0v) is 24.7. The Morgan fingerprint density at radius 2 is 1.36 bits per heavy atom. The molecule has 3 aliphatic rings. The molecule has 1 heterocycles. The molecule has 0 aromatic heterocycles. The summed E-state index contributed by atoms with van der Waals surface area (Å²) in [7, 11) is 0. The lowest BCUT2D eigenvalue weighted by Gasteiger charge is -2.29. The predicted octanol–water partition coefficient (Wildman–Crippen LogP) is 10.2. The van der Waals surface area contributed by atoms with Crippen LogP contribution in [0.1, 0.15) is 104 Å². The van der Waals surface area contributed by atoms with Gasteiger partial charge in [0.2, 0.25) is 5.82 Å². The summed E-state index contributed by atoms with van der Waals surface area (Å²) in [5.41, 5.74) is 2.10. The van der Waals surface area contributed by atoms with Gasteiger partial charge in [0.05, 0.1) is 13.2 Å².